The first-order chi connectivity index (χ1) is 10.6. The molecule has 0 aromatic carbocycles. The number of unbranched alkanes of at least 4 members (excludes halogenated alkanes) is 4. The van der Waals surface area contributed by atoms with E-state index in [1.807, 2.05) is 6.08 Å². The van der Waals surface area contributed by atoms with Crippen LogP contribution in [0.2, 0.25) is 0 Å². The average molecular weight is 309 g/mol. The summed E-state index contributed by atoms with van der Waals surface area (Å²) in [5.74, 6) is -0.476. The molecule has 0 aromatic heterocycles. The highest BCUT2D eigenvalue weighted by atomic mass is 16.5. The third-order valence-electron chi connectivity index (χ3n) is 4.24. The van der Waals surface area contributed by atoms with Gasteiger partial charge in [-0.2, -0.15) is 0 Å². The Bertz CT molecular complexity index is 392. The lowest BCUT2D eigenvalue weighted by Crippen LogP contribution is -2.52. The minimum Gasteiger partial charge on any atom is -0.464 e. The molecule has 1 rings (SSSR count). The highest BCUT2D eigenvalue weighted by Crippen LogP contribution is 2.29. The van der Waals surface area contributed by atoms with Gasteiger partial charge in [0.2, 0.25) is 0 Å². The molecule has 4 nitrogen and oxygen atoms in total. The van der Waals surface area contributed by atoms with Gasteiger partial charge in [0.15, 0.2) is 11.8 Å². The molecule has 4 heteroatoms. The maximum absolute atomic E-state index is 12.2. The van der Waals surface area contributed by atoms with E-state index < -0.39 is 11.5 Å². The number of carbonyl (C=O) groups excluding carboxylic acids is 2. The molecule has 0 aromatic rings. The molecule has 0 spiro atoms. The van der Waals surface area contributed by atoms with E-state index in [9.17, 15) is 9.59 Å². The summed E-state index contributed by atoms with van der Waals surface area (Å²) in [4.78, 5) is 23.8. The predicted molar refractivity (Wildman–Crippen MR) is 88.7 cm³/mol. The van der Waals surface area contributed by atoms with Crippen molar-refractivity contribution in [1.29, 1.82) is 0 Å². The topological polar surface area (TPSA) is 55.4 Å². The first kappa shape index (κ1) is 18.9. The van der Waals surface area contributed by atoms with Crippen LogP contribution in [0.1, 0.15) is 72.1 Å². The second-order valence-corrected chi connectivity index (χ2v) is 6.08. The fourth-order valence-corrected chi connectivity index (χ4v) is 2.98. The number of nitrogens with one attached hydrogen (secondary N) is 1. The summed E-state index contributed by atoms with van der Waals surface area (Å²) in [7, 11) is 0. The second kappa shape index (κ2) is 9.78. The zero-order chi connectivity index (χ0) is 16.4. The van der Waals surface area contributed by atoms with Gasteiger partial charge in [-0.15, -0.1) is 0 Å². The molecule has 0 fully saturated rings. The van der Waals surface area contributed by atoms with Crippen LogP contribution < -0.4 is 5.32 Å². The van der Waals surface area contributed by atoms with Crippen molar-refractivity contribution < 1.29 is 14.3 Å². The number of ether oxygens (including phenoxy) is 1. The Balaban J connectivity index is 2.82. The molecule has 0 amide bonds. The number of aldehydes is 1. The lowest BCUT2D eigenvalue weighted by molar-refractivity contribution is -0.150. The van der Waals surface area contributed by atoms with Crippen LogP contribution in [0.25, 0.3) is 0 Å². The Labute approximate surface area is 134 Å². The molecule has 0 aliphatic carbocycles. The van der Waals surface area contributed by atoms with Gasteiger partial charge in [-0.3, -0.25) is 5.32 Å². The van der Waals surface area contributed by atoms with Crippen LogP contribution in [0.5, 0.6) is 0 Å². The predicted octanol–water partition coefficient (Wildman–Crippen LogP) is 3.55. The fourth-order valence-electron chi connectivity index (χ4n) is 2.98. The van der Waals surface area contributed by atoms with Crippen LogP contribution in [0.4, 0.5) is 0 Å². The first-order valence-electron chi connectivity index (χ1n) is 8.76. The van der Waals surface area contributed by atoms with E-state index >= 15 is 0 Å². The molecule has 1 aliphatic heterocycles. The number of hydrogen-bond donors (Lipinski definition) is 1. The monoisotopic (exact) mass is 309 g/mol. The van der Waals surface area contributed by atoms with Gasteiger partial charge in [0.1, 0.15) is 0 Å². The van der Waals surface area contributed by atoms with Crippen LogP contribution in [-0.4, -0.2) is 30.4 Å². The zero-order valence-corrected chi connectivity index (χ0v) is 14.3. The Morgan fingerprint density at radius 2 is 1.91 bits per heavy atom. The zero-order valence-electron chi connectivity index (χ0n) is 14.3. The maximum atomic E-state index is 12.2. The lowest BCUT2D eigenvalue weighted by Gasteiger charge is -2.22. The van der Waals surface area contributed by atoms with Crippen molar-refractivity contribution in [3.63, 3.8) is 0 Å². The fraction of sp³-hybridized carbons (Fsp3) is 0.778. The Kier molecular flexibility index (Phi) is 8.39. The minimum absolute atomic E-state index is 0.123. The van der Waals surface area contributed by atoms with E-state index in [0.717, 1.165) is 38.5 Å². The van der Waals surface area contributed by atoms with Crippen LogP contribution in [0.15, 0.2) is 11.6 Å². The summed E-state index contributed by atoms with van der Waals surface area (Å²) < 4.78 is 5.09. The van der Waals surface area contributed by atoms with Crippen molar-refractivity contribution in [3.05, 3.63) is 11.6 Å². The molecule has 0 saturated carbocycles. The molecule has 0 radical (unpaired) electrons. The summed E-state index contributed by atoms with van der Waals surface area (Å²) in [5, 5.41) is 3.24. The van der Waals surface area contributed by atoms with Gasteiger partial charge in [-0.1, -0.05) is 51.5 Å². The van der Waals surface area contributed by atoms with Crippen molar-refractivity contribution in [1.82, 2.24) is 5.32 Å². The minimum atomic E-state index is -1.27. The number of esters is 1. The Morgan fingerprint density at radius 1 is 1.23 bits per heavy atom. The van der Waals surface area contributed by atoms with Crippen molar-refractivity contribution >= 4 is 12.3 Å². The molecule has 2 atom stereocenters. The molecule has 0 saturated heterocycles. The van der Waals surface area contributed by atoms with E-state index in [1.54, 1.807) is 6.92 Å². The number of hydrogen-bond acceptors (Lipinski definition) is 4. The van der Waals surface area contributed by atoms with Crippen molar-refractivity contribution in [2.45, 2.75) is 83.7 Å². The largest absolute Gasteiger partial charge is 0.464 e. The summed E-state index contributed by atoms with van der Waals surface area (Å²) in [5.41, 5.74) is -0.0706. The highest BCUT2D eigenvalue weighted by molar-refractivity contribution is 6.02. The third-order valence-corrected chi connectivity index (χ3v) is 4.24. The summed E-state index contributed by atoms with van der Waals surface area (Å²) >= 11 is 0. The molecule has 0 bridgehead atoms. The van der Waals surface area contributed by atoms with Crippen LogP contribution in [0, 0.1) is 0 Å². The normalized spacial score (nSPS) is 24.1. The maximum Gasteiger partial charge on any atom is 0.337 e. The Hall–Kier alpha value is -1.16. The number of rotatable bonds is 11. The van der Waals surface area contributed by atoms with Crippen LogP contribution in [0.3, 0.4) is 0 Å². The smallest absolute Gasteiger partial charge is 0.337 e. The van der Waals surface area contributed by atoms with E-state index in [-0.39, 0.29) is 12.6 Å². The van der Waals surface area contributed by atoms with Gasteiger partial charge in [0.05, 0.1) is 6.61 Å². The Morgan fingerprint density at radius 3 is 2.50 bits per heavy atom. The van der Waals surface area contributed by atoms with E-state index in [2.05, 4.69) is 19.2 Å². The molecule has 22 heavy (non-hydrogen) atoms. The van der Waals surface area contributed by atoms with E-state index in [1.165, 1.54) is 18.4 Å². The molecule has 1 heterocycles. The van der Waals surface area contributed by atoms with E-state index in [0.29, 0.717) is 6.29 Å². The van der Waals surface area contributed by atoms with Crippen molar-refractivity contribution in [2.75, 3.05) is 6.61 Å². The molecule has 1 aliphatic rings. The van der Waals surface area contributed by atoms with Gasteiger partial charge in [0.25, 0.3) is 0 Å². The molecular weight excluding hydrogens is 278 g/mol. The SMILES string of the molecule is CCCCCC1=CC(C=O)(C(=O)OCC)NC1CCCCC. The standard InChI is InChI=1S/C18H31NO3/c1-4-7-9-11-15-13-18(14-20,17(21)22-6-3)19-16(15)12-10-8-5-2/h13-14,16,19H,4-12H2,1-3H3. The third kappa shape index (κ3) is 4.94. The second-order valence-electron chi connectivity index (χ2n) is 6.08. The highest BCUT2D eigenvalue weighted by Gasteiger charge is 2.45. The van der Waals surface area contributed by atoms with Gasteiger partial charge in [-0.25, -0.2) is 4.79 Å². The number of carbonyl (C=O) groups is 2. The van der Waals surface area contributed by atoms with E-state index in [4.69, 9.17) is 4.74 Å². The quantitative estimate of drug-likeness (QED) is 0.208. The summed E-state index contributed by atoms with van der Waals surface area (Å²) in [6.45, 7) is 6.40. The van der Waals surface area contributed by atoms with Gasteiger partial charge in [-0.05, 0) is 32.3 Å². The first-order valence-corrected chi connectivity index (χ1v) is 8.76. The summed E-state index contributed by atoms with van der Waals surface area (Å²) in [6, 6.07) is 0.123. The lowest BCUT2D eigenvalue weighted by atomic mass is 9.97. The van der Waals surface area contributed by atoms with Crippen molar-refractivity contribution in [2.24, 2.45) is 0 Å². The molecule has 2 unspecified atom stereocenters. The van der Waals surface area contributed by atoms with Crippen molar-refractivity contribution in [3.8, 4) is 0 Å². The van der Waals surface area contributed by atoms with Crippen LogP contribution in [-0.2, 0) is 14.3 Å². The molecular formula is C18H31NO3. The molecule has 126 valence electrons. The van der Waals surface area contributed by atoms with Gasteiger partial charge < -0.3 is 9.53 Å². The van der Waals surface area contributed by atoms with Gasteiger partial charge in [0, 0.05) is 6.04 Å². The van der Waals surface area contributed by atoms with Gasteiger partial charge >= 0.3 is 5.97 Å². The summed E-state index contributed by atoms with van der Waals surface area (Å²) in [6.07, 6.45) is 11.3. The van der Waals surface area contributed by atoms with Crippen LogP contribution >= 0.6 is 0 Å². The molecule has 1 N–H and O–H groups in total. The average Bonchev–Trinajstić information content (AvgIpc) is 2.88.